The van der Waals surface area contributed by atoms with Gasteiger partial charge >= 0.3 is 5.69 Å². The third kappa shape index (κ3) is 4.12. The fraction of sp³-hybridized carbons (Fsp3) is 0.353. The Hall–Kier alpha value is -2.98. The Bertz CT molecular complexity index is 952. The number of benzene rings is 1. The molecule has 0 radical (unpaired) electrons. The van der Waals surface area contributed by atoms with Crippen LogP contribution >= 0.6 is 12.4 Å². The van der Waals surface area contributed by atoms with E-state index in [0.717, 1.165) is 11.1 Å². The van der Waals surface area contributed by atoms with Crippen LogP contribution in [0.2, 0.25) is 0 Å². The maximum Gasteiger partial charge on any atom is 0.333 e. The molecule has 3 aromatic rings. The summed E-state index contributed by atoms with van der Waals surface area (Å²) in [6.07, 6.45) is 0.592. The molecule has 0 saturated heterocycles. The van der Waals surface area contributed by atoms with Gasteiger partial charge in [-0.2, -0.15) is 10.1 Å². The number of nitrogens with one attached hydrogen (secondary N) is 1. The monoisotopic (exact) mass is 407 g/mol. The van der Waals surface area contributed by atoms with Crippen molar-refractivity contribution in [3.63, 3.8) is 0 Å². The van der Waals surface area contributed by atoms with Crippen molar-refractivity contribution in [1.82, 2.24) is 19.9 Å². The highest BCUT2D eigenvalue weighted by atomic mass is 35.5. The summed E-state index contributed by atoms with van der Waals surface area (Å²) in [5.74, 6) is 1.10. The fourth-order valence-corrected chi connectivity index (χ4v) is 2.81. The van der Waals surface area contributed by atoms with Gasteiger partial charge in [0.15, 0.2) is 0 Å². The Morgan fingerprint density at radius 3 is 2.61 bits per heavy atom. The number of anilines is 1. The Balaban J connectivity index is 0.00000280. The average Bonchev–Trinajstić information content (AvgIpc) is 3.24. The smallest absolute Gasteiger partial charge is 0.333 e. The van der Waals surface area contributed by atoms with Gasteiger partial charge in [-0.25, -0.2) is 4.68 Å². The van der Waals surface area contributed by atoms with Crippen LogP contribution < -0.4 is 11.1 Å². The molecule has 0 spiro atoms. The lowest BCUT2D eigenvalue weighted by atomic mass is 10.1. The van der Waals surface area contributed by atoms with Gasteiger partial charge in [0.2, 0.25) is 17.5 Å². The second kappa shape index (κ2) is 8.81. The van der Waals surface area contributed by atoms with Gasteiger partial charge < -0.3 is 15.6 Å². The summed E-state index contributed by atoms with van der Waals surface area (Å²) in [6.45, 7) is 3.98. The molecule has 0 aliphatic rings. The molecule has 2 aromatic heterocycles. The first-order chi connectivity index (χ1) is 12.9. The number of hydrogen-bond acceptors (Lipinski definition) is 8. The zero-order chi connectivity index (χ0) is 19.6. The Morgan fingerprint density at radius 1 is 1.36 bits per heavy atom. The molecule has 0 amide bonds. The van der Waals surface area contributed by atoms with E-state index in [1.54, 1.807) is 14.0 Å². The van der Waals surface area contributed by atoms with Crippen LogP contribution in [-0.4, -0.2) is 24.8 Å². The van der Waals surface area contributed by atoms with Gasteiger partial charge in [-0.15, -0.1) is 12.4 Å². The van der Waals surface area contributed by atoms with Crippen LogP contribution in [0, 0.1) is 17.0 Å². The lowest BCUT2D eigenvalue weighted by Gasteiger charge is -2.13. The van der Waals surface area contributed by atoms with E-state index in [9.17, 15) is 10.1 Å². The highest BCUT2D eigenvalue weighted by molar-refractivity contribution is 5.85. The summed E-state index contributed by atoms with van der Waals surface area (Å²) in [5.41, 5.74) is 7.70. The minimum Gasteiger partial charge on any atom is -0.353 e. The second-order valence-corrected chi connectivity index (χ2v) is 6.13. The van der Waals surface area contributed by atoms with Gasteiger partial charge in [-0.1, -0.05) is 36.3 Å². The number of aromatic nitrogens is 4. The number of nitrogens with two attached hydrogens (primary N) is 1. The number of rotatable bonds is 7. The van der Waals surface area contributed by atoms with Gasteiger partial charge in [0.05, 0.1) is 4.92 Å². The molecule has 1 atom stereocenters. The number of nitrogens with zero attached hydrogens (tertiary/aromatic N) is 5. The fourth-order valence-electron chi connectivity index (χ4n) is 2.81. The van der Waals surface area contributed by atoms with Crippen LogP contribution in [-0.2, 0) is 13.6 Å². The summed E-state index contributed by atoms with van der Waals surface area (Å²) in [7, 11) is 1.65. The third-order valence-corrected chi connectivity index (χ3v) is 4.28. The summed E-state index contributed by atoms with van der Waals surface area (Å²) in [5, 5.41) is 22.6. The molecule has 0 fully saturated rings. The topological polar surface area (TPSA) is 138 Å². The van der Waals surface area contributed by atoms with E-state index in [4.69, 9.17) is 10.3 Å². The minimum absolute atomic E-state index is 0. The van der Waals surface area contributed by atoms with E-state index in [-0.39, 0.29) is 24.1 Å². The van der Waals surface area contributed by atoms with Gasteiger partial charge in [0.1, 0.15) is 11.7 Å². The Kier molecular flexibility index (Phi) is 6.71. The minimum atomic E-state index is -0.449. The van der Waals surface area contributed by atoms with Gasteiger partial charge in [-0.3, -0.25) is 10.1 Å². The van der Waals surface area contributed by atoms with Crippen molar-refractivity contribution in [3.05, 3.63) is 51.5 Å². The lowest BCUT2D eigenvalue weighted by Crippen LogP contribution is -2.14. The van der Waals surface area contributed by atoms with Crippen LogP contribution in [0.25, 0.3) is 11.4 Å². The van der Waals surface area contributed by atoms with Gasteiger partial charge in [0.25, 0.3) is 0 Å². The van der Waals surface area contributed by atoms with Crippen molar-refractivity contribution in [2.75, 3.05) is 5.32 Å². The molecule has 0 bridgehead atoms. The van der Waals surface area contributed by atoms with E-state index >= 15 is 0 Å². The molecule has 11 heteroatoms. The predicted octanol–water partition coefficient (Wildman–Crippen LogP) is 3.13. The molecule has 0 saturated carbocycles. The van der Waals surface area contributed by atoms with Crippen molar-refractivity contribution < 1.29 is 9.45 Å². The molecule has 3 rings (SSSR count). The van der Waals surface area contributed by atoms with Gasteiger partial charge in [-0.05, 0) is 18.9 Å². The molecular weight excluding hydrogens is 386 g/mol. The highest BCUT2D eigenvalue weighted by Crippen LogP contribution is 2.31. The van der Waals surface area contributed by atoms with Crippen molar-refractivity contribution in [3.8, 4) is 11.4 Å². The van der Waals surface area contributed by atoms with Gasteiger partial charge in [0, 0.05) is 19.2 Å². The summed E-state index contributed by atoms with van der Waals surface area (Å²) < 4.78 is 6.84. The molecule has 2 heterocycles. The predicted molar refractivity (Wildman–Crippen MR) is 106 cm³/mol. The van der Waals surface area contributed by atoms with E-state index < -0.39 is 4.92 Å². The number of halogens is 1. The molecule has 1 aromatic carbocycles. The largest absolute Gasteiger partial charge is 0.353 e. The molecule has 0 aliphatic heterocycles. The first kappa shape index (κ1) is 21.3. The van der Waals surface area contributed by atoms with Crippen LogP contribution in [0.3, 0.4) is 0 Å². The number of hydrogen-bond donors (Lipinski definition) is 2. The molecular formula is C17H22ClN7O3. The van der Waals surface area contributed by atoms with Crippen LogP contribution in [0.5, 0.6) is 0 Å². The molecule has 1 unspecified atom stereocenters. The Morgan fingerprint density at radius 2 is 2.04 bits per heavy atom. The first-order valence-electron chi connectivity index (χ1n) is 8.52. The van der Waals surface area contributed by atoms with E-state index in [1.807, 2.05) is 31.2 Å². The SMILES string of the molecule is CCC(Nc1c([N+](=O)[O-])c(C)nn1C)c1nc(-c2ccc(CN)cc2)no1.Cl. The van der Waals surface area contributed by atoms with Crippen molar-refractivity contribution in [2.24, 2.45) is 12.8 Å². The van der Waals surface area contributed by atoms with Crippen molar-refractivity contribution in [1.29, 1.82) is 0 Å². The second-order valence-electron chi connectivity index (χ2n) is 6.13. The molecule has 3 N–H and O–H groups in total. The zero-order valence-corrected chi connectivity index (χ0v) is 16.6. The molecule has 10 nitrogen and oxygen atoms in total. The average molecular weight is 408 g/mol. The molecule has 0 aliphatic carbocycles. The maximum atomic E-state index is 11.4. The standard InChI is InChI=1S/C17H21N7O3.ClH/c1-4-13(19-16-14(24(25)26)10(2)21-23(16)3)17-20-15(22-27-17)12-7-5-11(9-18)6-8-12;/h5-8,13,19H,4,9,18H2,1-3H3;1H. The van der Waals surface area contributed by atoms with Crippen molar-refractivity contribution in [2.45, 2.75) is 32.9 Å². The van der Waals surface area contributed by atoms with Crippen LogP contribution in [0.1, 0.15) is 36.5 Å². The Labute approximate surface area is 167 Å². The normalized spacial score (nSPS) is 11.7. The number of aryl methyl sites for hydroxylation is 2. The molecule has 28 heavy (non-hydrogen) atoms. The van der Waals surface area contributed by atoms with E-state index in [2.05, 4.69) is 20.6 Å². The number of nitro groups is 1. The lowest BCUT2D eigenvalue weighted by molar-refractivity contribution is -0.384. The highest BCUT2D eigenvalue weighted by Gasteiger charge is 2.28. The molecule has 150 valence electrons. The third-order valence-electron chi connectivity index (χ3n) is 4.28. The van der Waals surface area contributed by atoms with Crippen LogP contribution in [0.4, 0.5) is 11.5 Å². The van der Waals surface area contributed by atoms with Crippen LogP contribution in [0.15, 0.2) is 28.8 Å². The summed E-state index contributed by atoms with van der Waals surface area (Å²) in [4.78, 5) is 15.4. The first-order valence-corrected chi connectivity index (χ1v) is 8.52. The summed E-state index contributed by atoms with van der Waals surface area (Å²) in [6, 6.07) is 7.18. The quantitative estimate of drug-likeness (QED) is 0.450. The summed E-state index contributed by atoms with van der Waals surface area (Å²) >= 11 is 0. The van der Waals surface area contributed by atoms with E-state index in [0.29, 0.717) is 36.2 Å². The van der Waals surface area contributed by atoms with Crippen molar-refractivity contribution >= 4 is 23.9 Å². The van der Waals surface area contributed by atoms with E-state index in [1.165, 1.54) is 4.68 Å². The maximum absolute atomic E-state index is 11.4. The zero-order valence-electron chi connectivity index (χ0n) is 15.7.